The highest BCUT2D eigenvalue weighted by molar-refractivity contribution is 7.94. The molecule has 0 saturated carbocycles. The van der Waals surface area contributed by atoms with Crippen LogP contribution in [0, 0.1) is 0 Å². The Morgan fingerprint density at radius 1 is 2.00 bits per heavy atom. The van der Waals surface area contributed by atoms with Gasteiger partial charge in [0.2, 0.25) is 0 Å². The van der Waals surface area contributed by atoms with Crippen LogP contribution in [-0.4, -0.2) is 16.7 Å². The fraction of sp³-hybridized carbons (Fsp3) is 0. The van der Waals surface area contributed by atoms with Crippen molar-refractivity contribution in [2.24, 2.45) is 4.99 Å². The fourth-order valence-electron chi connectivity index (χ4n) is 0.0494. The highest BCUT2D eigenvalue weighted by Gasteiger charge is 1.78. The fourth-order valence-corrected chi connectivity index (χ4v) is 0.148. The zero-order valence-corrected chi connectivity index (χ0v) is 3.72. The zero-order valence-electron chi connectivity index (χ0n) is 2.83. The molecule has 34 valence electrons. The van der Waals surface area contributed by atoms with E-state index >= 15 is 0 Å². The summed E-state index contributed by atoms with van der Waals surface area (Å²) in [5.41, 5.74) is 0.919. The molecule has 0 saturated heterocycles. The number of amides is 1. The van der Waals surface area contributed by atoms with Gasteiger partial charge < -0.3 is 5.11 Å². The van der Waals surface area contributed by atoms with Crippen LogP contribution in [-0.2, 0) is 0 Å². The molecule has 1 amide bonds. The van der Waals surface area contributed by atoms with Crippen LogP contribution < -0.4 is 0 Å². The van der Waals surface area contributed by atoms with Crippen LogP contribution in [0.2, 0.25) is 0 Å². The molecule has 0 unspecified atom stereocenters. The maximum Gasteiger partial charge on any atom is 0.431 e. The third-order valence-electron chi connectivity index (χ3n) is 0.168. The minimum absolute atomic E-state index is 0.919. The van der Waals surface area contributed by atoms with Gasteiger partial charge in [-0.15, -0.1) is 12.6 Å². The van der Waals surface area contributed by atoms with E-state index in [0.29, 0.717) is 0 Å². The molecule has 6 heavy (non-hydrogen) atoms. The third kappa shape index (κ3) is 3.49. The number of nitrogens with zero attached hydrogens (tertiary/aromatic N) is 1. The molecule has 3 nitrogen and oxygen atoms in total. The Morgan fingerprint density at radius 2 is 2.50 bits per heavy atom. The molecule has 0 radical (unpaired) electrons. The molecule has 0 atom stereocenters. The maximum absolute atomic E-state index is 9.35. The average molecular weight is 105 g/mol. The van der Waals surface area contributed by atoms with Gasteiger partial charge >= 0.3 is 6.09 Å². The molecule has 0 aliphatic carbocycles. The Balaban J connectivity index is 3.30. The van der Waals surface area contributed by atoms with Gasteiger partial charge in [0, 0.05) is 0 Å². The van der Waals surface area contributed by atoms with Gasteiger partial charge in [0.1, 0.15) is 0 Å². The second-order valence-corrected chi connectivity index (χ2v) is 0.758. The predicted molar refractivity (Wildman–Crippen MR) is 25.5 cm³/mol. The van der Waals surface area contributed by atoms with E-state index in [1.54, 1.807) is 0 Å². The maximum atomic E-state index is 9.35. The van der Waals surface area contributed by atoms with Crippen LogP contribution >= 0.6 is 12.6 Å². The first-order valence-electron chi connectivity index (χ1n) is 1.17. The molecule has 4 heteroatoms. The molecule has 0 fully saturated rings. The van der Waals surface area contributed by atoms with Crippen LogP contribution in [0.25, 0.3) is 0 Å². The Bertz CT molecular complexity index is 79.6. The number of hydrogen-bond donors (Lipinski definition) is 2. The summed E-state index contributed by atoms with van der Waals surface area (Å²) in [6, 6.07) is 0. The minimum atomic E-state index is -1.22. The van der Waals surface area contributed by atoms with Crippen molar-refractivity contribution in [1.82, 2.24) is 0 Å². The van der Waals surface area contributed by atoms with Crippen LogP contribution in [0.15, 0.2) is 4.99 Å². The molecule has 0 aliphatic rings. The van der Waals surface area contributed by atoms with Crippen molar-refractivity contribution in [3.63, 3.8) is 0 Å². The standard InChI is InChI=1S/C2H3NO2S/c4-2(5)3-1-6/h1H,(H,3,6)(H,4,5). The molecule has 0 rings (SSSR count). The second-order valence-electron chi connectivity index (χ2n) is 0.527. The molecule has 1 N–H and O–H groups in total. The smallest absolute Gasteiger partial charge is 0.431 e. The SMILES string of the molecule is O=C(O)N=CS. The van der Waals surface area contributed by atoms with Gasteiger partial charge in [-0.25, -0.2) is 4.79 Å². The Hall–Kier alpha value is -0.510. The van der Waals surface area contributed by atoms with Gasteiger partial charge in [-0.2, -0.15) is 4.99 Å². The second kappa shape index (κ2) is 2.71. The van der Waals surface area contributed by atoms with E-state index in [1.165, 1.54) is 0 Å². The lowest BCUT2D eigenvalue weighted by molar-refractivity contribution is 0.206. The van der Waals surface area contributed by atoms with Crippen molar-refractivity contribution >= 4 is 24.3 Å². The van der Waals surface area contributed by atoms with Gasteiger partial charge in [0.25, 0.3) is 0 Å². The van der Waals surface area contributed by atoms with Crippen LogP contribution in [0.5, 0.6) is 0 Å². The quantitative estimate of drug-likeness (QED) is 0.269. The largest absolute Gasteiger partial charge is 0.463 e. The van der Waals surface area contributed by atoms with E-state index in [4.69, 9.17) is 5.11 Å². The van der Waals surface area contributed by atoms with Crippen molar-refractivity contribution in [1.29, 1.82) is 0 Å². The monoisotopic (exact) mass is 105 g/mol. The van der Waals surface area contributed by atoms with Crippen molar-refractivity contribution in [3.05, 3.63) is 0 Å². The molecular weight excluding hydrogens is 102 g/mol. The van der Waals surface area contributed by atoms with Crippen LogP contribution in [0.3, 0.4) is 0 Å². The summed E-state index contributed by atoms with van der Waals surface area (Å²) in [5, 5.41) is 7.67. The first-order valence-corrected chi connectivity index (χ1v) is 1.68. The molecule has 0 heterocycles. The lowest BCUT2D eigenvalue weighted by Gasteiger charge is -1.68. The Kier molecular flexibility index (Phi) is 2.48. The summed E-state index contributed by atoms with van der Waals surface area (Å²) in [4.78, 5) is 12.1. The summed E-state index contributed by atoms with van der Waals surface area (Å²) in [6.07, 6.45) is -1.22. The third-order valence-corrected chi connectivity index (χ3v) is 0.284. The first-order chi connectivity index (χ1) is 2.77. The highest BCUT2D eigenvalue weighted by atomic mass is 32.1. The molecule has 0 aliphatic heterocycles. The van der Waals surface area contributed by atoms with Crippen LogP contribution in [0.1, 0.15) is 0 Å². The summed E-state index contributed by atoms with van der Waals surface area (Å²) >= 11 is 3.39. The summed E-state index contributed by atoms with van der Waals surface area (Å²) in [7, 11) is 0. The van der Waals surface area contributed by atoms with E-state index < -0.39 is 6.09 Å². The number of carboxylic acid groups (broad SMARTS) is 1. The summed E-state index contributed by atoms with van der Waals surface area (Å²) < 4.78 is 0. The van der Waals surface area contributed by atoms with Crippen molar-refractivity contribution < 1.29 is 9.90 Å². The molecule has 0 spiro atoms. The van der Waals surface area contributed by atoms with E-state index in [2.05, 4.69) is 17.6 Å². The summed E-state index contributed by atoms with van der Waals surface area (Å²) in [5.74, 6) is 0. The number of thiol groups is 1. The van der Waals surface area contributed by atoms with E-state index in [9.17, 15) is 4.79 Å². The molecule has 0 aromatic carbocycles. The predicted octanol–water partition coefficient (Wildman–Crippen LogP) is 0.623. The molecule has 0 bridgehead atoms. The van der Waals surface area contributed by atoms with Crippen molar-refractivity contribution in [3.8, 4) is 0 Å². The van der Waals surface area contributed by atoms with E-state index in [1.807, 2.05) is 0 Å². The van der Waals surface area contributed by atoms with Gasteiger partial charge in [-0.3, -0.25) is 0 Å². The number of carbonyl (C=O) groups is 1. The Morgan fingerprint density at radius 3 is 2.50 bits per heavy atom. The van der Waals surface area contributed by atoms with Gasteiger partial charge in [0.15, 0.2) is 0 Å². The Labute approximate surface area is 40.1 Å². The van der Waals surface area contributed by atoms with Crippen LogP contribution in [0.4, 0.5) is 4.79 Å². The van der Waals surface area contributed by atoms with Crippen molar-refractivity contribution in [2.75, 3.05) is 0 Å². The number of hydrogen-bond acceptors (Lipinski definition) is 1. The zero-order chi connectivity index (χ0) is 4.99. The summed E-state index contributed by atoms with van der Waals surface area (Å²) in [6.45, 7) is 0. The lowest BCUT2D eigenvalue weighted by Crippen LogP contribution is -1.80. The molecular formula is C2H3NO2S. The normalized spacial score (nSPS) is 9.50. The highest BCUT2D eigenvalue weighted by Crippen LogP contribution is 1.68. The number of rotatable bonds is 0. The minimum Gasteiger partial charge on any atom is -0.463 e. The lowest BCUT2D eigenvalue weighted by atomic mass is 11.2. The topological polar surface area (TPSA) is 49.7 Å². The first kappa shape index (κ1) is 5.49. The molecule has 0 aromatic heterocycles. The van der Waals surface area contributed by atoms with E-state index in [0.717, 1.165) is 5.55 Å². The van der Waals surface area contributed by atoms with Crippen molar-refractivity contribution in [2.45, 2.75) is 0 Å². The van der Waals surface area contributed by atoms with Gasteiger partial charge in [-0.1, -0.05) is 0 Å². The molecule has 0 aromatic rings. The van der Waals surface area contributed by atoms with Gasteiger partial charge in [-0.05, 0) is 0 Å². The van der Waals surface area contributed by atoms with Gasteiger partial charge in [0.05, 0.1) is 5.55 Å². The van der Waals surface area contributed by atoms with E-state index in [-0.39, 0.29) is 0 Å². The number of aliphatic imine (C=N–C) groups is 1. The average Bonchev–Trinajstić information content (AvgIpc) is 1.35.